The number of anilines is 1. The van der Waals surface area contributed by atoms with Gasteiger partial charge in [-0.3, -0.25) is 0 Å². The molecule has 0 fully saturated rings. The summed E-state index contributed by atoms with van der Waals surface area (Å²) in [5, 5.41) is 20.3. The van der Waals surface area contributed by atoms with Crippen molar-refractivity contribution < 1.29 is 5.11 Å². The van der Waals surface area contributed by atoms with Gasteiger partial charge in [-0.1, -0.05) is 17.4 Å². The SMILES string of the molecule is Cl.Cl.OC1=C2Nc3cnnn3C=C2C=CC1. The van der Waals surface area contributed by atoms with Crippen LogP contribution >= 0.6 is 24.8 Å². The van der Waals surface area contributed by atoms with Crippen LogP contribution in [0.15, 0.2) is 35.4 Å². The summed E-state index contributed by atoms with van der Waals surface area (Å²) in [5.41, 5.74) is 1.68. The molecule has 0 bridgehead atoms. The Bertz CT molecular complexity index is 489. The van der Waals surface area contributed by atoms with Crippen LogP contribution in [0.5, 0.6) is 0 Å². The fourth-order valence-electron chi connectivity index (χ4n) is 1.59. The lowest BCUT2D eigenvalue weighted by atomic mass is 10.0. The zero-order valence-corrected chi connectivity index (χ0v) is 9.75. The number of allylic oxidation sites excluding steroid dienone is 2. The number of halogens is 2. The molecular weight excluding hydrogens is 251 g/mol. The number of rotatable bonds is 0. The Morgan fingerprint density at radius 3 is 3.00 bits per heavy atom. The smallest absolute Gasteiger partial charge is 0.154 e. The van der Waals surface area contributed by atoms with Gasteiger partial charge in [0.15, 0.2) is 5.82 Å². The minimum absolute atomic E-state index is 0. The summed E-state index contributed by atoms with van der Waals surface area (Å²) < 4.78 is 1.64. The van der Waals surface area contributed by atoms with E-state index in [9.17, 15) is 5.11 Å². The third-order valence-corrected chi connectivity index (χ3v) is 2.28. The number of hydrogen-bond acceptors (Lipinski definition) is 4. The Balaban J connectivity index is 0.000000640. The number of aliphatic hydroxyl groups is 1. The van der Waals surface area contributed by atoms with E-state index in [4.69, 9.17) is 0 Å². The van der Waals surface area contributed by atoms with E-state index in [1.54, 1.807) is 10.9 Å². The van der Waals surface area contributed by atoms with Gasteiger partial charge in [0, 0.05) is 18.2 Å². The molecule has 1 aliphatic heterocycles. The largest absolute Gasteiger partial charge is 0.510 e. The average molecular weight is 261 g/mol. The first-order chi connectivity index (χ1) is 6.84. The third-order valence-electron chi connectivity index (χ3n) is 2.28. The lowest BCUT2D eigenvalue weighted by Gasteiger charge is -2.20. The maximum atomic E-state index is 9.64. The van der Waals surface area contributed by atoms with Crippen molar-refractivity contribution in [2.24, 2.45) is 0 Å². The third kappa shape index (κ3) is 1.79. The van der Waals surface area contributed by atoms with Crippen molar-refractivity contribution in [3.8, 4) is 0 Å². The predicted octanol–water partition coefficient (Wildman–Crippen LogP) is 2.12. The molecule has 0 saturated heterocycles. The molecule has 5 nitrogen and oxygen atoms in total. The second-order valence-electron chi connectivity index (χ2n) is 3.20. The number of aliphatic hydroxyl groups excluding tert-OH is 1. The van der Waals surface area contributed by atoms with Gasteiger partial charge in [0.05, 0.1) is 11.9 Å². The Morgan fingerprint density at radius 1 is 1.38 bits per heavy atom. The van der Waals surface area contributed by atoms with Crippen LogP contribution in [0.25, 0.3) is 6.20 Å². The van der Waals surface area contributed by atoms with E-state index < -0.39 is 0 Å². The van der Waals surface area contributed by atoms with Crippen LogP contribution in [-0.4, -0.2) is 20.1 Å². The standard InChI is InChI=1S/C9H8N4O.2ClH/c14-7-3-1-2-6-5-13-8(4-10-12-13)11-9(6)7;;/h1-2,4-5,11,14H,3H2;2*1H. The quantitative estimate of drug-likeness (QED) is 0.750. The van der Waals surface area contributed by atoms with Crippen LogP contribution in [0.4, 0.5) is 5.82 Å². The van der Waals surface area contributed by atoms with Crippen molar-refractivity contribution >= 4 is 36.8 Å². The fraction of sp³-hybridized carbons (Fsp3) is 0.111. The van der Waals surface area contributed by atoms with Crippen molar-refractivity contribution in [3.63, 3.8) is 0 Å². The number of hydrogen-bond donors (Lipinski definition) is 2. The highest BCUT2D eigenvalue weighted by molar-refractivity contribution is 5.85. The van der Waals surface area contributed by atoms with Gasteiger partial charge in [0.1, 0.15) is 5.76 Å². The molecule has 86 valence electrons. The molecule has 2 N–H and O–H groups in total. The molecule has 16 heavy (non-hydrogen) atoms. The van der Waals surface area contributed by atoms with Crippen molar-refractivity contribution in [2.45, 2.75) is 6.42 Å². The predicted molar refractivity (Wildman–Crippen MR) is 65.8 cm³/mol. The molecule has 0 spiro atoms. The number of fused-ring (bicyclic) bond motifs is 2. The lowest BCUT2D eigenvalue weighted by molar-refractivity contribution is 0.394. The van der Waals surface area contributed by atoms with Crippen LogP contribution in [-0.2, 0) is 0 Å². The molecule has 0 aromatic carbocycles. The van der Waals surface area contributed by atoms with Crippen LogP contribution in [0.1, 0.15) is 6.42 Å². The topological polar surface area (TPSA) is 63.0 Å². The second kappa shape index (κ2) is 4.59. The van der Waals surface area contributed by atoms with Crippen LogP contribution < -0.4 is 5.32 Å². The summed E-state index contributed by atoms with van der Waals surface area (Å²) in [6.07, 6.45) is 7.88. The van der Waals surface area contributed by atoms with E-state index in [2.05, 4.69) is 15.6 Å². The highest BCUT2D eigenvalue weighted by Gasteiger charge is 2.19. The first kappa shape index (κ1) is 12.6. The summed E-state index contributed by atoms with van der Waals surface area (Å²) in [7, 11) is 0. The van der Waals surface area contributed by atoms with E-state index in [1.807, 2.05) is 18.4 Å². The maximum Gasteiger partial charge on any atom is 0.154 e. The molecule has 0 radical (unpaired) electrons. The van der Waals surface area contributed by atoms with Crippen molar-refractivity contribution in [1.82, 2.24) is 15.0 Å². The second-order valence-corrected chi connectivity index (χ2v) is 3.20. The average Bonchev–Trinajstić information content (AvgIpc) is 2.62. The molecule has 0 amide bonds. The van der Waals surface area contributed by atoms with Gasteiger partial charge in [-0.25, -0.2) is 4.68 Å². The monoisotopic (exact) mass is 260 g/mol. The minimum Gasteiger partial charge on any atom is -0.510 e. The Labute approximate surface area is 104 Å². The molecule has 2 aliphatic rings. The molecule has 0 atom stereocenters. The normalized spacial score (nSPS) is 16.1. The zero-order valence-electron chi connectivity index (χ0n) is 8.12. The van der Waals surface area contributed by atoms with E-state index in [1.165, 1.54) is 0 Å². The summed E-state index contributed by atoms with van der Waals surface area (Å²) in [5.74, 6) is 1.12. The highest BCUT2D eigenvalue weighted by atomic mass is 35.5. The zero-order chi connectivity index (χ0) is 9.54. The van der Waals surface area contributed by atoms with E-state index in [-0.39, 0.29) is 24.8 Å². The van der Waals surface area contributed by atoms with E-state index >= 15 is 0 Å². The first-order valence-electron chi connectivity index (χ1n) is 4.32. The molecule has 0 saturated carbocycles. The molecule has 1 aromatic rings. The molecule has 2 heterocycles. The van der Waals surface area contributed by atoms with Crippen LogP contribution in [0.3, 0.4) is 0 Å². The first-order valence-corrected chi connectivity index (χ1v) is 4.32. The van der Waals surface area contributed by atoms with E-state index in [0.717, 1.165) is 17.1 Å². The minimum atomic E-state index is 0. The van der Waals surface area contributed by atoms with Gasteiger partial charge in [-0.05, 0) is 0 Å². The number of nitrogens with one attached hydrogen (secondary N) is 1. The molecule has 0 unspecified atom stereocenters. The summed E-state index contributed by atoms with van der Waals surface area (Å²) in [6.45, 7) is 0. The fourth-order valence-corrected chi connectivity index (χ4v) is 1.59. The van der Waals surface area contributed by atoms with Gasteiger partial charge in [-0.2, -0.15) is 0 Å². The summed E-state index contributed by atoms with van der Waals surface area (Å²) >= 11 is 0. The number of aromatic nitrogens is 3. The summed E-state index contributed by atoms with van der Waals surface area (Å²) in [6, 6.07) is 0. The Kier molecular flexibility index (Phi) is 3.62. The molecule has 3 rings (SSSR count). The highest BCUT2D eigenvalue weighted by Crippen LogP contribution is 2.28. The number of nitrogens with zero attached hydrogens (tertiary/aromatic N) is 3. The van der Waals surface area contributed by atoms with Gasteiger partial charge in [0.25, 0.3) is 0 Å². The van der Waals surface area contributed by atoms with Gasteiger partial charge < -0.3 is 10.4 Å². The molecule has 1 aliphatic carbocycles. The Hall–Kier alpha value is -1.46. The summed E-state index contributed by atoms with van der Waals surface area (Å²) in [4.78, 5) is 0. The van der Waals surface area contributed by atoms with Gasteiger partial charge >= 0.3 is 0 Å². The molecule has 7 heteroatoms. The molecular formula is C9H10Cl2N4O. The lowest BCUT2D eigenvalue weighted by Crippen LogP contribution is -2.15. The van der Waals surface area contributed by atoms with Crippen molar-refractivity contribution in [1.29, 1.82) is 0 Å². The van der Waals surface area contributed by atoms with Gasteiger partial charge in [0.2, 0.25) is 0 Å². The van der Waals surface area contributed by atoms with E-state index in [0.29, 0.717) is 12.2 Å². The van der Waals surface area contributed by atoms with Crippen molar-refractivity contribution in [3.05, 3.63) is 35.4 Å². The van der Waals surface area contributed by atoms with Crippen molar-refractivity contribution in [2.75, 3.05) is 5.32 Å². The van der Waals surface area contributed by atoms with Crippen LogP contribution in [0.2, 0.25) is 0 Å². The van der Waals surface area contributed by atoms with Gasteiger partial charge in [-0.15, -0.1) is 29.9 Å². The molecule has 1 aromatic heterocycles. The Morgan fingerprint density at radius 2 is 2.19 bits per heavy atom. The maximum absolute atomic E-state index is 9.64. The van der Waals surface area contributed by atoms with Crippen LogP contribution in [0, 0.1) is 0 Å².